The highest BCUT2D eigenvalue weighted by Crippen LogP contribution is 2.27. The molecule has 0 spiro atoms. The molecule has 2 rings (SSSR count). The molecule has 1 atom stereocenters. The van der Waals surface area contributed by atoms with Crippen LogP contribution in [0.1, 0.15) is 24.2 Å². The van der Waals surface area contributed by atoms with Gasteiger partial charge in [-0.1, -0.05) is 6.07 Å². The Balaban J connectivity index is 2.03. The number of hydrogen-bond donors (Lipinski definition) is 3. The summed E-state index contributed by atoms with van der Waals surface area (Å²) in [6.07, 6.45) is 1.75. The fourth-order valence-corrected chi connectivity index (χ4v) is 1.84. The van der Waals surface area contributed by atoms with E-state index in [1.807, 2.05) is 20.0 Å². The van der Waals surface area contributed by atoms with Crippen molar-refractivity contribution >= 4 is 0 Å². The van der Waals surface area contributed by atoms with Crippen LogP contribution >= 0.6 is 0 Å². The average molecular weight is 247 g/mol. The van der Waals surface area contributed by atoms with Crippen molar-refractivity contribution in [1.82, 2.24) is 15.1 Å². The zero-order chi connectivity index (χ0) is 13.1. The van der Waals surface area contributed by atoms with E-state index in [1.165, 1.54) is 6.07 Å². The van der Waals surface area contributed by atoms with Crippen molar-refractivity contribution in [3.63, 3.8) is 0 Å². The quantitative estimate of drug-likeness (QED) is 0.768. The lowest BCUT2D eigenvalue weighted by molar-refractivity contribution is 0.435. The van der Waals surface area contributed by atoms with Gasteiger partial charge in [0.1, 0.15) is 11.5 Å². The highest BCUT2D eigenvalue weighted by molar-refractivity contribution is 5.40. The van der Waals surface area contributed by atoms with Crippen molar-refractivity contribution in [3.05, 3.63) is 41.7 Å². The molecule has 1 aromatic carbocycles. The molecule has 1 heterocycles. The summed E-state index contributed by atoms with van der Waals surface area (Å²) in [7, 11) is 1.89. The molecule has 0 aliphatic rings. The molecule has 0 amide bonds. The number of nitrogens with zero attached hydrogens (tertiary/aromatic N) is 2. The van der Waals surface area contributed by atoms with Gasteiger partial charge < -0.3 is 15.5 Å². The van der Waals surface area contributed by atoms with Crippen LogP contribution in [0, 0.1) is 0 Å². The lowest BCUT2D eigenvalue weighted by Crippen LogP contribution is -2.19. The SMILES string of the molecule is CC(NCc1ccnn1C)c1ccc(O)cc1O. The van der Waals surface area contributed by atoms with Crippen molar-refractivity contribution in [2.45, 2.75) is 19.5 Å². The van der Waals surface area contributed by atoms with Gasteiger partial charge in [-0.05, 0) is 19.1 Å². The van der Waals surface area contributed by atoms with E-state index in [2.05, 4.69) is 10.4 Å². The second kappa shape index (κ2) is 5.10. The van der Waals surface area contributed by atoms with E-state index in [0.717, 1.165) is 11.3 Å². The lowest BCUT2D eigenvalue weighted by atomic mass is 10.1. The summed E-state index contributed by atoms with van der Waals surface area (Å²) in [5.41, 5.74) is 1.83. The fraction of sp³-hybridized carbons (Fsp3) is 0.308. The van der Waals surface area contributed by atoms with E-state index in [4.69, 9.17) is 0 Å². The van der Waals surface area contributed by atoms with Gasteiger partial charge in [-0.2, -0.15) is 5.10 Å². The zero-order valence-electron chi connectivity index (χ0n) is 10.5. The minimum Gasteiger partial charge on any atom is -0.508 e. The molecule has 1 unspecified atom stereocenters. The van der Waals surface area contributed by atoms with E-state index in [-0.39, 0.29) is 17.5 Å². The summed E-state index contributed by atoms with van der Waals surface area (Å²) < 4.78 is 1.80. The number of rotatable bonds is 4. The van der Waals surface area contributed by atoms with Gasteiger partial charge in [0.2, 0.25) is 0 Å². The van der Waals surface area contributed by atoms with Crippen LogP contribution in [0.2, 0.25) is 0 Å². The van der Waals surface area contributed by atoms with Gasteiger partial charge in [0.15, 0.2) is 0 Å². The summed E-state index contributed by atoms with van der Waals surface area (Å²) in [5.74, 6) is 0.162. The molecule has 1 aromatic heterocycles. The molecule has 0 saturated carbocycles. The molecular formula is C13H17N3O2. The van der Waals surface area contributed by atoms with Crippen molar-refractivity contribution in [2.75, 3.05) is 0 Å². The minimum absolute atomic E-state index is 0.0134. The number of aromatic hydroxyl groups is 2. The van der Waals surface area contributed by atoms with Crippen LogP contribution in [0.15, 0.2) is 30.5 Å². The van der Waals surface area contributed by atoms with Crippen LogP contribution in [0.3, 0.4) is 0 Å². The van der Waals surface area contributed by atoms with Gasteiger partial charge in [-0.3, -0.25) is 4.68 Å². The molecule has 0 saturated heterocycles. The second-order valence-electron chi connectivity index (χ2n) is 4.29. The van der Waals surface area contributed by atoms with E-state index in [0.29, 0.717) is 6.54 Å². The molecule has 0 aliphatic heterocycles. The van der Waals surface area contributed by atoms with Gasteiger partial charge >= 0.3 is 0 Å². The number of hydrogen-bond acceptors (Lipinski definition) is 4. The van der Waals surface area contributed by atoms with E-state index in [9.17, 15) is 10.2 Å². The van der Waals surface area contributed by atoms with Crippen LogP contribution in [0.5, 0.6) is 11.5 Å². The Labute approximate surface area is 106 Å². The van der Waals surface area contributed by atoms with Crippen LogP contribution in [0.4, 0.5) is 0 Å². The maximum atomic E-state index is 9.76. The zero-order valence-corrected chi connectivity index (χ0v) is 10.5. The Bertz CT molecular complexity index is 537. The number of benzene rings is 1. The van der Waals surface area contributed by atoms with Crippen LogP contribution < -0.4 is 5.32 Å². The topological polar surface area (TPSA) is 70.3 Å². The normalized spacial score (nSPS) is 12.6. The predicted octanol–water partition coefficient (Wildman–Crippen LogP) is 1.68. The summed E-state index contributed by atoms with van der Waals surface area (Å²) >= 11 is 0. The number of nitrogens with one attached hydrogen (secondary N) is 1. The van der Waals surface area contributed by atoms with Crippen LogP contribution in [-0.4, -0.2) is 20.0 Å². The third kappa shape index (κ3) is 2.62. The molecule has 0 aliphatic carbocycles. The summed E-state index contributed by atoms with van der Waals surface area (Å²) in [4.78, 5) is 0. The van der Waals surface area contributed by atoms with E-state index in [1.54, 1.807) is 23.0 Å². The standard InChI is InChI=1S/C13H17N3O2/c1-9(12-4-3-11(17)7-13(12)18)14-8-10-5-6-15-16(10)2/h3-7,9,14,17-18H,8H2,1-2H3. The maximum Gasteiger partial charge on any atom is 0.124 e. The van der Waals surface area contributed by atoms with Crippen LogP contribution in [0.25, 0.3) is 0 Å². The molecule has 3 N–H and O–H groups in total. The Hall–Kier alpha value is -2.01. The third-order valence-corrected chi connectivity index (χ3v) is 2.99. The fourth-order valence-electron chi connectivity index (χ4n) is 1.84. The second-order valence-corrected chi connectivity index (χ2v) is 4.29. The molecule has 0 bridgehead atoms. The first-order valence-corrected chi connectivity index (χ1v) is 5.80. The smallest absolute Gasteiger partial charge is 0.124 e. The Morgan fingerprint density at radius 3 is 2.72 bits per heavy atom. The largest absolute Gasteiger partial charge is 0.508 e. The summed E-state index contributed by atoms with van der Waals surface area (Å²) in [5, 5.41) is 26.4. The minimum atomic E-state index is -0.0134. The Morgan fingerprint density at radius 1 is 1.33 bits per heavy atom. The van der Waals surface area contributed by atoms with Crippen molar-refractivity contribution in [1.29, 1.82) is 0 Å². The number of phenolic OH excluding ortho intramolecular Hbond substituents is 2. The van der Waals surface area contributed by atoms with Gasteiger partial charge in [0, 0.05) is 37.5 Å². The first-order valence-electron chi connectivity index (χ1n) is 5.80. The highest BCUT2D eigenvalue weighted by Gasteiger charge is 2.11. The molecule has 0 fully saturated rings. The van der Waals surface area contributed by atoms with Gasteiger partial charge in [0.25, 0.3) is 0 Å². The average Bonchev–Trinajstić information content (AvgIpc) is 2.72. The summed E-state index contributed by atoms with van der Waals surface area (Å²) in [6.45, 7) is 2.63. The highest BCUT2D eigenvalue weighted by atomic mass is 16.3. The molecule has 2 aromatic rings. The Morgan fingerprint density at radius 2 is 2.11 bits per heavy atom. The van der Waals surface area contributed by atoms with E-state index < -0.39 is 0 Å². The van der Waals surface area contributed by atoms with Crippen molar-refractivity contribution < 1.29 is 10.2 Å². The van der Waals surface area contributed by atoms with Gasteiger partial charge in [-0.15, -0.1) is 0 Å². The molecule has 5 heteroatoms. The summed E-state index contributed by atoms with van der Waals surface area (Å²) in [6, 6.07) is 6.55. The third-order valence-electron chi connectivity index (χ3n) is 2.99. The number of aryl methyl sites for hydroxylation is 1. The van der Waals surface area contributed by atoms with Crippen molar-refractivity contribution in [3.8, 4) is 11.5 Å². The van der Waals surface area contributed by atoms with Gasteiger partial charge in [-0.25, -0.2) is 0 Å². The monoisotopic (exact) mass is 247 g/mol. The Kier molecular flexibility index (Phi) is 3.53. The maximum absolute atomic E-state index is 9.76. The van der Waals surface area contributed by atoms with Gasteiger partial charge in [0.05, 0.1) is 5.69 Å². The number of phenols is 2. The van der Waals surface area contributed by atoms with E-state index >= 15 is 0 Å². The lowest BCUT2D eigenvalue weighted by Gasteiger charge is -2.15. The molecule has 0 radical (unpaired) electrons. The van der Waals surface area contributed by atoms with Crippen molar-refractivity contribution in [2.24, 2.45) is 7.05 Å². The molecule has 5 nitrogen and oxygen atoms in total. The molecular weight excluding hydrogens is 230 g/mol. The molecule has 96 valence electrons. The molecule has 18 heavy (non-hydrogen) atoms. The van der Waals surface area contributed by atoms with Crippen LogP contribution in [-0.2, 0) is 13.6 Å². The predicted molar refractivity (Wildman–Crippen MR) is 68.2 cm³/mol. The number of aromatic nitrogens is 2. The first kappa shape index (κ1) is 12.4. The first-order chi connectivity index (χ1) is 8.58.